The molecule has 0 saturated carbocycles. The number of aromatic nitrogens is 2. The average Bonchev–Trinajstić information content (AvgIpc) is 2.83. The Hall–Kier alpha value is -1.60. The van der Waals surface area contributed by atoms with Gasteiger partial charge in [0.2, 0.25) is 5.95 Å². The van der Waals surface area contributed by atoms with Crippen LogP contribution < -0.4 is 5.32 Å². The van der Waals surface area contributed by atoms with Gasteiger partial charge in [-0.3, -0.25) is 10.1 Å². The Balaban J connectivity index is 1.86. The summed E-state index contributed by atoms with van der Waals surface area (Å²) in [6.45, 7) is 0. The van der Waals surface area contributed by atoms with E-state index in [1.54, 1.807) is 18.2 Å². The lowest BCUT2D eigenvalue weighted by Crippen LogP contribution is -2.13. The summed E-state index contributed by atoms with van der Waals surface area (Å²) in [5.41, 5.74) is 2.24. The molecule has 0 radical (unpaired) electrons. The third-order valence-corrected chi connectivity index (χ3v) is 4.34. The van der Waals surface area contributed by atoms with Crippen molar-refractivity contribution in [2.45, 2.75) is 0 Å². The lowest BCUT2D eigenvalue weighted by Gasteiger charge is -2.03. The van der Waals surface area contributed by atoms with Crippen LogP contribution in [0.2, 0.25) is 5.02 Å². The van der Waals surface area contributed by atoms with Crippen molar-refractivity contribution in [3.8, 4) is 0 Å². The maximum absolute atomic E-state index is 12.1. The Kier molecular flexibility index (Phi) is 3.62. The highest BCUT2D eigenvalue weighted by Crippen LogP contribution is 2.20. The first-order valence-corrected chi connectivity index (χ1v) is 7.30. The van der Waals surface area contributed by atoms with Gasteiger partial charge in [-0.1, -0.05) is 23.7 Å². The van der Waals surface area contributed by atoms with E-state index < -0.39 is 0 Å². The SMILES string of the molecule is O=C(Nc1nc2ccccc2[nH]1)c1ccc(Cl)c(I)c1. The lowest BCUT2D eigenvalue weighted by atomic mass is 10.2. The number of hydrogen-bond acceptors (Lipinski definition) is 2. The van der Waals surface area contributed by atoms with E-state index in [0.29, 0.717) is 16.5 Å². The number of halogens is 2. The first kappa shape index (κ1) is 13.4. The van der Waals surface area contributed by atoms with E-state index in [9.17, 15) is 4.79 Å². The summed E-state index contributed by atoms with van der Waals surface area (Å²) < 4.78 is 0.835. The van der Waals surface area contributed by atoms with E-state index in [4.69, 9.17) is 11.6 Å². The molecule has 0 aliphatic heterocycles. The minimum absolute atomic E-state index is 0.223. The number of para-hydroxylation sites is 2. The Morgan fingerprint density at radius 1 is 1.25 bits per heavy atom. The van der Waals surface area contributed by atoms with Crippen molar-refractivity contribution in [3.63, 3.8) is 0 Å². The van der Waals surface area contributed by atoms with Gasteiger partial charge in [-0.2, -0.15) is 0 Å². The Labute approximate surface area is 133 Å². The maximum Gasteiger partial charge on any atom is 0.258 e. The van der Waals surface area contributed by atoms with Crippen LogP contribution in [0.1, 0.15) is 10.4 Å². The third-order valence-electron chi connectivity index (χ3n) is 2.80. The van der Waals surface area contributed by atoms with E-state index in [-0.39, 0.29) is 5.91 Å². The van der Waals surface area contributed by atoms with Gasteiger partial charge in [-0.05, 0) is 52.9 Å². The lowest BCUT2D eigenvalue weighted by molar-refractivity contribution is 0.102. The van der Waals surface area contributed by atoms with Crippen LogP contribution in [-0.2, 0) is 0 Å². The molecule has 0 unspecified atom stereocenters. The van der Waals surface area contributed by atoms with Crippen LogP contribution >= 0.6 is 34.2 Å². The second kappa shape index (κ2) is 5.41. The molecule has 2 aromatic carbocycles. The fourth-order valence-corrected chi connectivity index (χ4v) is 2.46. The molecule has 4 nitrogen and oxygen atoms in total. The van der Waals surface area contributed by atoms with Gasteiger partial charge < -0.3 is 4.98 Å². The minimum Gasteiger partial charge on any atom is -0.324 e. The van der Waals surface area contributed by atoms with Crippen molar-refractivity contribution >= 4 is 57.1 Å². The molecule has 0 spiro atoms. The molecule has 1 aromatic heterocycles. The highest BCUT2D eigenvalue weighted by atomic mass is 127. The Morgan fingerprint density at radius 2 is 2.05 bits per heavy atom. The van der Waals surface area contributed by atoms with Gasteiger partial charge in [0.25, 0.3) is 5.91 Å². The number of aromatic amines is 1. The second-order valence-corrected chi connectivity index (χ2v) is 5.75. The number of rotatable bonds is 2. The number of carbonyl (C=O) groups is 1. The fraction of sp³-hybridized carbons (Fsp3) is 0. The Bertz CT molecular complexity index is 767. The van der Waals surface area contributed by atoms with Crippen molar-refractivity contribution in [3.05, 3.63) is 56.6 Å². The molecular weight excluding hydrogens is 389 g/mol. The van der Waals surface area contributed by atoms with Crippen molar-refractivity contribution in [1.29, 1.82) is 0 Å². The normalized spacial score (nSPS) is 10.7. The van der Waals surface area contributed by atoms with Crippen LogP contribution in [0.25, 0.3) is 11.0 Å². The molecule has 0 aliphatic rings. The number of imidazole rings is 1. The van der Waals surface area contributed by atoms with Gasteiger partial charge >= 0.3 is 0 Å². The number of benzene rings is 2. The molecule has 0 saturated heterocycles. The number of anilines is 1. The first-order chi connectivity index (χ1) is 9.63. The summed E-state index contributed by atoms with van der Waals surface area (Å²) in [6, 6.07) is 12.7. The third kappa shape index (κ3) is 2.64. The largest absolute Gasteiger partial charge is 0.324 e. The number of nitrogens with one attached hydrogen (secondary N) is 2. The van der Waals surface area contributed by atoms with E-state index >= 15 is 0 Å². The molecular formula is C14H9ClIN3O. The molecule has 100 valence electrons. The van der Waals surface area contributed by atoms with Crippen LogP contribution in [0, 0.1) is 3.57 Å². The van der Waals surface area contributed by atoms with Gasteiger partial charge in [0.05, 0.1) is 16.1 Å². The van der Waals surface area contributed by atoms with Crippen molar-refractivity contribution in [2.24, 2.45) is 0 Å². The first-order valence-electron chi connectivity index (χ1n) is 5.84. The monoisotopic (exact) mass is 397 g/mol. The minimum atomic E-state index is -0.223. The molecule has 1 heterocycles. The number of amides is 1. The summed E-state index contributed by atoms with van der Waals surface area (Å²) in [5, 5.41) is 3.37. The van der Waals surface area contributed by atoms with Crippen LogP contribution in [0.15, 0.2) is 42.5 Å². The fourth-order valence-electron chi connectivity index (χ4n) is 1.83. The zero-order chi connectivity index (χ0) is 14.1. The molecule has 3 rings (SSSR count). The molecule has 0 atom stereocenters. The van der Waals surface area contributed by atoms with Crippen LogP contribution in [-0.4, -0.2) is 15.9 Å². The van der Waals surface area contributed by atoms with E-state index in [1.165, 1.54) is 0 Å². The molecule has 0 bridgehead atoms. The predicted octanol–water partition coefficient (Wildman–Crippen LogP) is 4.07. The van der Waals surface area contributed by atoms with Crippen molar-refractivity contribution in [1.82, 2.24) is 9.97 Å². The van der Waals surface area contributed by atoms with Gasteiger partial charge in [-0.15, -0.1) is 0 Å². The zero-order valence-corrected chi connectivity index (χ0v) is 13.1. The molecule has 2 N–H and O–H groups in total. The van der Waals surface area contributed by atoms with Gasteiger partial charge in [0.15, 0.2) is 0 Å². The van der Waals surface area contributed by atoms with Gasteiger partial charge in [0, 0.05) is 9.13 Å². The quantitative estimate of drug-likeness (QED) is 0.640. The number of fused-ring (bicyclic) bond motifs is 1. The molecule has 20 heavy (non-hydrogen) atoms. The topological polar surface area (TPSA) is 57.8 Å². The predicted molar refractivity (Wildman–Crippen MR) is 88.2 cm³/mol. The highest BCUT2D eigenvalue weighted by Gasteiger charge is 2.10. The molecule has 6 heteroatoms. The van der Waals surface area contributed by atoms with E-state index in [1.807, 2.05) is 24.3 Å². The van der Waals surface area contributed by atoms with Crippen LogP contribution in [0.5, 0.6) is 0 Å². The van der Waals surface area contributed by atoms with Crippen LogP contribution in [0.4, 0.5) is 5.95 Å². The Morgan fingerprint density at radius 3 is 2.80 bits per heavy atom. The maximum atomic E-state index is 12.1. The molecule has 3 aromatic rings. The standard InChI is InChI=1S/C14H9ClIN3O/c15-9-6-5-8(7-10(9)16)13(20)19-14-17-11-3-1-2-4-12(11)18-14/h1-7H,(H2,17,18,19,20). The smallest absolute Gasteiger partial charge is 0.258 e. The molecule has 0 fully saturated rings. The summed E-state index contributed by atoms with van der Waals surface area (Å²) in [7, 11) is 0. The summed E-state index contributed by atoms with van der Waals surface area (Å²) >= 11 is 8.03. The number of H-pyrrole nitrogens is 1. The summed E-state index contributed by atoms with van der Waals surface area (Å²) in [4.78, 5) is 19.5. The van der Waals surface area contributed by atoms with Gasteiger partial charge in [-0.25, -0.2) is 4.98 Å². The average molecular weight is 398 g/mol. The van der Waals surface area contributed by atoms with Crippen molar-refractivity contribution < 1.29 is 4.79 Å². The number of hydrogen-bond donors (Lipinski definition) is 2. The number of nitrogens with zero attached hydrogens (tertiary/aromatic N) is 1. The highest BCUT2D eigenvalue weighted by molar-refractivity contribution is 14.1. The van der Waals surface area contributed by atoms with Crippen LogP contribution in [0.3, 0.4) is 0 Å². The van der Waals surface area contributed by atoms with Gasteiger partial charge in [0.1, 0.15) is 0 Å². The second-order valence-electron chi connectivity index (χ2n) is 4.19. The molecule has 0 aliphatic carbocycles. The zero-order valence-electron chi connectivity index (χ0n) is 10.2. The van der Waals surface area contributed by atoms with E-state index in [2.05, 4.69) is 37.9 Å². The molecule has 1 amide bonds. The van der Waals surface area contributed by atoms with E-state index in [0.717, 1.165) is 14.6 Å². The summed E-state index contributed by atoms with van der Waals surface area (Å²) in [5.74, 6) is 0.208. The van der Waals surface area contributed by atoms with Crippen molar-refractivity contribution in [2.75, 3.05) is 5.32 Å². The summed E-state index contributed by atoms with van der Waals surface area (Å²) in [6.07, 6.45) is 0. The number of carbonyl (C=O) groups excluding carboxylic acids is 1.